The highest BCUT2D eigenvalue weighted by atomic mass is 79.9. The maximum atomic E-state index is 12.3. The van der Waals surface area contributed by atoms with Gasteiger partial charge in [0.1, 0.15) is 11.5 Å². The summed E-state index contributed by atoms with van der Waals surface area (Å²) in [6.45, 7) is 0. The number of aromatic hydroxyl groups is 1. The van der Waals surface area contributed by atoms with E-state index in [1.807, 2.05) is 0 Å². The molecule has 0 aliphatic rings. The first-order valence-electron chi connectivity index (χ1n) is 5.59. The quantitative estimate of drug-likeness (QED) is 0.790. The van der Waals surface area contributed by atoms with E-state index < -0.39 is 15.6 Å². The first kappa shape index (κ1) is 16.2. The molecule has 0 aromatic carbocycles. The fourth-order valence-electron chi connectivity index (χ4n) is 1.56. The Bertz CT molecular complexity index is 781. The summed E-state index contributed by atoms with van der Waals surface area (Å²) in [4.78, 5) is 7.83. The Morgan fingerprint density at radius 3 is 2.52 bits per heavy atom. The van der Waals surface area contributed by atoms with Crippen LogP contribution in [0.5, 0.6) is 11.6 Å². The molecular formula is C12H10Br2N2O4S. The Morgan fingerprint density at radius 2 is 1.95 bits per heavy atom. The Kier molecular flexibility index (Phi) is 4.84. The van der Waals surface area contributed by atoms with Crippen molar-refractivity contribution in [1.29, 1.82) is 0 Å². The number of methoxy groups -OCH3 is 1. The van der Waals surface area contributed by atoms with Crippen LogP contribution in [0.3, 0.4) is 0 Å². The van der Waals surface area contributed by atoms with Gasteiger partial charge in [0.05, 0.1) is 22.2 Å². The summed E-state index contributed by atoms with van der Waals surface area (Å²) >= 11 is 6.33. The Labute approximate surface area is 138 Å². The first-order chi connectivity index (χ1) is 9.83. The van der Waals surface area contributed by atoms with Crippen LogP contribution in [0.15, 0.2) is 38.4 Å². The van der Waals surface area contributed by atoms with Gasteiger partial charge in [-0.2, -0.15) is 0 Å². The number of aromatic nitrogens is 2. The molecule has 2 heterocycles. The van der Waals surface area contributed by atoms with Crippen LogP contribution >= 0.6 is 31.9 Å². The van der Waals surface area contributed by atoms with Crippen LogP contribution in [0.2, 0.25) is 0 Å². The normalized spacial score (nSPS) is 11.4. The zero-order valence-electron chi connectivity index (χ0n) is 10.7. The van der Waals surface area contributed by atoms with Crippen molar-refractivity contribution in [2.75, 3.05) is 7.11 Å². The highest BCUT2D eigenvalue weighted by Crippen LogP contribution is 2.28. The fourth-order valence-corrected chi connectivity index (χ4v) is 3.80. The van der Waals surface area contributed by atoms with Crippen molar-refractivity contribution >= 4 is 41.7 Å². The van der Waals surface area contributed by atoms with Crippen molar-refractivity contribution < 1.29 is 18.3 Å². The van der Waals surface area contributed by atoms with Gasteiger partial charge < -0.3 is 9.84 Å². The minimum absolute atomic E-state index is 0.0132. The number of hydrogen-bond donors (Lipinski definition) is 1. The monoisotopic (exact) mass is 436 g/mol. The lowest BCUT2D eigenvalue weighted by Gasteiger charge is -2.08. The third kappa shape index (κ3) is 3.72. The molecule has 112 valence electrons. The smallest absolute Gasteiger partial charge is 0.227 e. The molecule has 0 aliphatic carbocycles. The van der Waals surface area contributed by atoms with Gasteiger partial charge in [0.15, 0.2) is 9.84 Å². The predicted molar refractivity (Wildman–Crippen MR) is 83.0 cm³/mol. The van der Waals surface area contributed by atoms with Gasteiger partial charge in [-0.1, -0.05) is 0 Å². The molecule has 0 fully saturated rings. The standard InChI is InChI=1S/C12H10Br2N2O4S/c1-20-12-9(14)3-8(5-16-12)21(18,19)6-10-11(17)2-7(13)4-15-10/h2-5,17H,6H2,1H3. The van der Waals surface area contributed by atoms with Gasteiger partial charge in [-0.3, -0.25) is 4.98 Å². The van der Waals surface area contributed by atoms with E-state index in [9.17, 15) is 13.5 Å². The second kappa shape index (κ2) is 6.29. The minimum Gasteiger partial charge on any atom is -0.506 e. The summed E-state index contributed by atoms with van der Waals surface area (Å²) in [6.07, 6.45) is 2.63. The molecule has 21 heavy (non-hydrogen) atoms. The van der Waals surface area contributed by atoms with E-state index in [-0.39, 0.29) is 16.3 Å². The second-order valence-electron chi connectivity index (χ2n) is 4.04. The number of hydrogen-bond acceptors (Lipinski definition) is 6. The summed E-state index contributed by atoms with van der Waals surface area (Å²) < 4.78 is 30.6. The maximum Gasteiger partial charge on any atom is 0.227 e. The van der Waals surface area contributed by atoms with Crippen molar-refractivity contribution in [3.05, 3.63) is 39.2 Å². The molecule has 1 N–H and O–H groups in total. The average molecular weight is 438 g/mol. The molecule has 6 nitrogen and oxygen atoms in total. The molecule has 0 saturated carbocycles. The Morgan fingerprint density at radius 1 is 1.24 bits per heavy atom. The van der Waals surface area contributed by atoms with Crippen molar-refractivity contribution in [3.8, 4) is 11.6 Å². The molecular weight excluding hydrogens is 428 g/mol. The molecule has 0 amide bonds. The van der Waals surface area contributed by atoms with Crippen molar-refractivity contribution in [3.63, 3.8) is 0 Å². The molecule has 0 unspecified atom stereocenters. The number of pyridine rings is 2. The van der Waals surface area contributed by atoms with Crippen LogP contribution in [-0.4, -0.2) is 30.6 Å². The molecule has 2 aromatic heterocycles. The van der Waals surface area contributed by atoms with Crippen molar-refractivity contribution in [2.45, 2.75) is 10.6 Å². The minimum atomic E-state index is -3.68. The van der Waals surface area contributed by atoms with Crippen LogP contribution in [0.25, 0.3) is 0 Å². The van der Waals surface area contributed by atoms with Crippen LogP contribution in [0.4, 0.5) is 0 Å². The number of halogens is 2. The van der Waals surface area contributed by atoms with Gasteiger partial charge in [-0.15, -0.1) is 0 Å². The first-order valence-corrected chi connectivity index (χ1v) is 8.83. The van der Waals surface area contributed by atoms with Gasteiger partial charge in [-0.05, 0) is 44.0 Å². The number of sulfone groups is 1. The van der Waals surface area contributed by atoms with Crippen LogP contribution in [0, 0.1) is 0 Å². The summed E-state index contributed by atoms with van der Waals surface area (Å²) in [5.74, 6) is -0.320. The summed E-state index contributed by atoms with van der Waals surface area (Å²) in [5, 5.41) is 9.74. The Balaban J connectivity index is 2.36. The maximum absolute atomic E-state index is 12.3. The van der Waals surface area contributed by atoms with Gasteiger partial charge in [0.25, 0.3) is 0 Å². The lowest BCUT2D eigenvalue weighted by Crippen LogP contribution is -2.07. The molecule has 0 aliphatic heterocycles. The van der Waals surface area contributed by atoms with Crippen molar-refractivity contribution in [2.24, 2.45) is 0 Å². The molecule has 9 heteroatoms. The molecule has 2 aromatic rings. The molecule has 0 radical (unpaired) electrons. The molecule has 0 saturated heterocycles. The van der Waals surface area contributed by atoms with E-state index in [1.54, 1.807) is 0 Å². The van der Waals surface area contributed by atoms with E-state index in [0.29, 0.717) is 14.8 Å². The van der Waals surface area contributed by atoms with Gasteiger partial charge in [0.2, 0.25) is 5.88 Å². The highest BCUT2D eigenvalue weighted by Gasteiger charge is 2.20. The van der Waals surface area contributed by atoms with E-state index in [1.165, 1.54) is 31.6 Å². The second-order valence-corrected chi connectivity index (χ2v) is 7.80. The zero-order chi connectivity index (χ0) is 15.6. The topological polar surface area (TPSA) is 89.4 Å². The lowest BCUT2D eigenvalue weighted by molar-refractivity contribution is 0.394. The number of ether oxygens (including phenoxy) is 1. The van der Waals surface area contributed by atoms with Gasteiger partial charge in [-0.25, -0.2) is 13.4 Å². The summed E-state index contributed by atoms with van der Waals surface area (Å²) in [6, 6.07) is 2.79. The lowest BCUT2D eigenvalue weighted by atomic mass is 10.3. The van der Waals surface area contributed by atoms with E-state index >= 15 is 0 Å². The average Bonchev–Trinajstić information content (AvgIpc) is 2.42. The van der Waals surface area contributed by atoms with Gasteiger partial charge >= 0.3 is 0 Å². The molecule has 0 spiro atoms. The summed E-state index contributed by atoms with van der Waals surface area (Å²) in [7, 11) is -2.25. The third-order valence-electron chi connectivity index (χ3n) is 2.58. The zero-order valence-corrected chi connectivity index (χ0v) is 14.7. The largest absolute Gasteiger partial charge is 0.506 e. The van der Waals surface area contributed by atoms with Crippen LogP contribution < -0.4 is 4.74 Å². The molecule has 0 bridgehead atoms. The number of rotatable bonds is 4. The van der Waals surface area contributed by atoms with Crippen LogP contribution in [0.1, 0.15) is 5.69 Å². The van der Waals surface area contributed by atoms with E-state index in [2.05, 4.69) is 41.8 Å². The molecule has 2 rings (SSSR count). The van der Waals surface area contributed by atoms with Crippen molar-refractivity contribution in [1.82, 2.24) is 9.97 Å². The number of nitrogens with zero attached hydrogens (tertiary/aromatic N) is 2. The highest BCUT2D eigenvalue weighted by molar-refractivity contribution is 9.10. The fraction of sp³-hybridized carbons (Fsp3) is 0.167. The third-order valence-corrected chi connectivity index (χ3v) is 5.17. The van der Waals surface area contributed by atoms with Crippen LogP contribution in [-0.2, 0) is 15.6 Å². The Hall–Kier alpha value is -1.19. The van der Waals surface area contributed by atoms with E-state index in [4.69, 9.17) is 4.74 Å². The SMILES string of the molecule is COc1ncc(S(=O)(=O)Cc2ncc(Br)cc2O)cc1Br. The van der Waals surface area contributed by atoms with Gasteiger partial charge in [0, 0.05) is 16.9 Å². The predicted octanol–water partition coefficient (Wildman–Crippen LogP) is 2.69. The molecule has 0 atom stereocenters. The summed E-state index contributed by atoms with van der Waals surface area (Å²) in [5.41, 5.74) is 0.0742. The van der Waals surface area contributed by atoms with E-state index in [0.717, 1.165) is 0 Å².